The highest BCUT2D eigenvalue weighted by molar-refractivity contribution is 9.10. The Balaban J connectivity index is 1.88. The third kappa shape index (κ3) is 8.72. The summed E-state index contributed by atoms with van der Waals surface area (Å²) >= 11 is 3.55. The molecule has 0 spiro atoms. The molecule has 4 amide bonds. The van der Waals surface area contributed by atoms with Gasteiger partial charge in [-0.3, -0.25) is 9.59 Å². The Morgan fingerprint density at radius 1 is 1.00 bits per heavy atom. The van der Waals surface area contributed by atoms with Crippen LogP contribution in [-0.2, 0) is 20.8 Å². The summed E-state index contributed by atoms with van der Waals surface area (Å²) in [6.07, 6.45) is 5.07. The van der Waals surface area contributed by atoms with Gasteiger partial charge in [-0.15, -0.1) is 0 Å². The van der Waals surface area contributed by atoms with Gasteiger partial charge < -0.3 is 30.9 Å². The van der Waals surface area contributed by atoms with Crippen LogP contribution in [0.2, 0.25) is 0 Å². The van der Waals surface area contributed by atoms with Crippen LogP contribution in [0.5, 0.6) is 0 Å². The number of unbranched alkanes of at least 4 members (excludes halogenated alkanes) is 1. The number of urea groups is 1. The van der Waals surface area contributed by atoms with Gasteiger partial charge in [0.1, 0.15) is 18.1 Å². The van der Waals surface area contributed by atoms with Crippen LogP contribution in [0, 0.1) is 5.92 Å². The zero-order valence-electron chi connectivity index (χ0n) is 25.3. The minimum atomic E-state index is -1.12. The maximum Gasteiger partial charge on any atom is 0.326 e. The van der Waals surface area contributed by atoms with E-state index >= 15 is 0 Å². The summed E-state index contributed by atoms with van der Waals surface area (Å²) in [5.41, 5.74) is 1.65. The quantitative estimate of drug-likeness (QED) is 0.205. The summed E-state index contributed by atoms with van der Waals surface area (Å²) in [5, 5.41) is 19.1. The number of para-hydroxylation sites is 1. The normalized spacial score (nSPS) is 19.3. The average molecular weight is 649 g/mol. The van der Waals surface area contributed by atoms with Gasteiger partial charge in [-0.1, -0.05) is 51.8 Å². The zero-order chi connectivity index (χ0) is 31.0. The van der Waals surface area contributed by atoms with E-state index in [-0.39, 0.29) is 36.9 Å². The Hall–Kier alpha value is -3.08. The van der Waals surface area contributed by atoms with E-state index in [1.54, 1.807) is 0 Å². The lowest BCUT2D eigenvalue weighted by Crippen LogP contribution is -2.59. The monoisotopic (exact) mass is 647 g/mol. The van der Waals surface area contributed by atoms with Gasteiger partial charge in [0.05, 0.1) is 4.60 Å². The van der Waals surface area contributed by atoms with Gasteiger partial charge in [0.2, 0.25) is 11.8 Å². The van der Waals surface area contributed by atoms with E-state index < -0.39 is 35.9 Å². The maximum absolute atomic E-state index is 13.8. The SMILES string of the molecule is CCCC[C@@H](NC(=O)[C@@H](Cc1c(Br)[nH]c2ccccc12)NC(=O)[C@H](CC(C)C)NC(=O)N1[C@H](C)CCC[C@@H]1C)C(=O)O. The highest BCUT2D eigenvalue weighted by atomic mass is 79.9. The fraction of sp³-hybridized carbons (Fsp3) is 0.613. The molecule has 1 aliphatic heterocycles. The molecule has 3 rings (SSSR count). The molecule has 0 aliphatic carbocycles. The fourth-order valence-corrected chi connectivity index (χ4v) is 6.33. The second kappa shape index (κ2) is 15.4. The van der Waals surface area contributed by atoms with Crippen molar-refractivity contribution in [2.45, 2.75) is 116 Å². The number of fused-ring (bicyclic) bond motifs is 1. The van der Waals surface area contributed by atoms with Gasteiger partial charge in [0.15, 0.2) is 0 Å². The first-order valence-electron chi connectivity index (χ1n) is 15.1. The third-order valence-electron chi connectivity index (χ3n) is 8.01. The molecule has 0 unspecified atom stereocenters. The maximum atomic E-state index is 13.8. The van der Waals surface area contributed by atoms with Gasteiger partial charge in [0.25, 0.3) is 0 Å². The molecule has 1 saturated heterocycles. The smallest absolute Gasteiger partial charge is 0.326 e. The van der Waals surface area contributed by atoms with Crippen LogP contribution < -0.4 is 16.0 Å². The minimum absolute atomic E-state index is 0.0605. The van der Waals surface area contributed by atoms with E-state index in [1.807, 2.05) is 63.8 Å². The number of hydrogen-bond donors (Lipinski definition) is 5. The number of carbonyl (C=O) groups excluding carboxylic acids is 3. The van der Waals surface area contributed by atoms with Crippen LogP contribution in [0.15, 0.2) is 28.9 Å². The molecule has 5 N–H and O–H groups in total. The molecule has 1 fully saturated rings. The molecular formula is C31H46BrN5O5. The molecule has 0 bridgehead atoms. The van der Waals surface area contributed by atoms with Gasteiger partial charge >= 0.3 is 12.0 Å². The molecule has 5 atom stereocenters. The van der Waals surface area contributed by atoms with Crippen molar-refractivity contribution in [3.63, 3.8) is 0 Å². The van der Waals surface area contributed by atoms with Crippen molar-refractivity contribution in [1.82, 2.24) is 25.8 Å². The van der Waals surface area contributed by atoms with Crippen molar-refractivity contribution < 1.29 is 24.3 Å². The summed E-state index contributed by atoms with van der Waals surface area (Å²) < 4.78 is 0.677. The number of nitrogens with zero attached hydrogens (tertiary/aromatic N) is 1. The largest absolute Gasteiger partial charge is 0.480 e. The van der Waals surface area contributed by atoms with E-state index in [0.29, 0.717) is 17.4 Å². The predicted octanol–water partition coefficient (Wildman–Crippen LogP) is 5.10. The summed E-state index contributed by atoms with van der Waals surface area (Å²) in [4.78, 5) is 57.8. The zero-order valence-corrected chi connectivity index (χ0v) is 26.9. The first kappa shape index (κ1) is 33.4. The number of rotatable bonds is 13. The Morgan fingerprint density at radius 3 is 2.24 bits per heavy atom. The molecule has 11 heteroatoms. The Labute approximate surface area is 256 Å². The molecule has 232 valence electrons. The van der Waals surface area contributed by atoms with Crippen LogP contribution in [0.4, 0.5) is 4.79 Å². The number of piperidine rings is 1. The van der Waals surface area contributed by atoms with Crippen LogP contribution >= 0.6 is 15.9 Å². The number of amides is 4. The average Bonchev–Trinajstić information content (AvgIpc) is 3.24. The van der Waals surface area contributed by atoms with E-state index in [1.165, 1.54) is 0 Å². The van der Waals surface area contributed by atoms with Crippen molar-refractivity contribution in [3.05, 3.63) is 34.4 Å². The highest BCUT2D eigenvalue weighted by Crippen LogP contribution is 2.28. The Bertz CT molecular complexity index is 1240. The molecule has 1 aromatic carbocycles. The molecule has 1 aliphatic rings. The van der Waals surface area contributed by atoms with Gasteiger partial charge in [-0.05, 0) is 79.4 Å². The molecule has 1 aromatic heterocycles. The van der Waals surface area contributed by atoms with Crippen LogP contribution in [-0.4, -0.2) is 69.0 Å². The lowest BCUT2D eigenvalue weighted by molar-refractivity contribution is -0.142. The van der Waals surface area contributed by atoms with Crippen molar-refractivity contribution in [2.24, 2.45) is 5.92 Å². The molecule has 2 aromatic rings. The number of likely N-dealkylation sites (tertiary alicyclic amines) is 1. The van der Waals surface area contributed by atoms with Crippen LogP contribution in [0.25, 0.3) is 10.9 Å². The van der Waals surface area contributed by atoms with Gasteiger partial charge in [0, 0.05) is 29.4 Å². The van der Waals surface area contributed by atoms with Crippen LogP contribution in [0.1, 0.15) is 85.1 Å². The first-order chi connectivity index (χ1) is 19.9. The molecule has 0 saturated carbocycles. The number of halogens is 1. The number of H-pyrrole nitrogens is 1. The van der Waals surface area contributed by atoms with Crippen LogP contribution in [0.3, 0.4) is 0 Å². The van der Waals surface area contributed by atoms with Gasteiger partial charge in [-0.2, -0.15) is 0 Å². The number of aromatic nitrogens is 1. The Kier molecular flexibility index (Phi) is 12.3. The molecule has 2 heterocycles. The highest BCUT2D eigenvalue weighted by Gasteiger charge is 2.34. The van der Waals surface area contributed by atoms with Crippen molar-refractivity contribution >= 4 is 50.6 Å². The van der Waals surface area contributed by atoms with Gasteiger partial charge in [-0.25, -0.2) is 9.59 Å². The molecular weight excluding hydrogens is 602 g/mol. The van der Waals surface area contributed by atoms with E-state index in [9.17, 15) is 24.3 Å². The number of carboxylic acid groups (broad SMARTS) is 1. The lowest BCUT2D eigenvalue weighted by Gasteiger charge is -2.39. The minimum Gasteiger partial charge on any atom is -0.480 e. The van der Waals surface area contributed by atoms with Crippen molar-refractivity contribution in [1.29, 1.82) is 0 Å². The molecule has 0 radical (unpaired) electrons. The Morgan fingerprint density at radius 2 is 1.62 bits per heavy atom. The number of carbonyl (C=O) groups is 4. The topological polar surface area (TPSA) is 144 Å². The second-order valence-electron chi connectivity index (χ2n) is 11.9. The molecule has 42 heavy (non-hydrogen) atoms. The van der Waals surface area contributed by atoms with E-state index in [2.05, 4.69) is 36.9 Å². The number of hydrogen-bond acceptors (Lipinski definition) is 4. The summed E-state index contributed by atoms with van der Waals surface area (Å²) in [5.74, 6) is -2.09. The lowest BCUT2D eigenvalue weighted by atomic mass is 9.97. The summed E-state index contributed by atoms with van der Waals surface area (Å²) in [6.45, 7) is 9.92. The molecule has 10 nitrogen and oxygen atoms in total. The second-order valence-corrected chi connectivity index (χ2v) is 12.7. The van der Waals surface area contributed by atoms with E-state index in [0.717, 1.165) is 42.1 Å². The van der Waals surface area contributed by atoms with Crippen molar-refractivity contribution in [2.75, 3.05) is 0 Å². The number of aliphatic carboxylic acids is 1. The first-order valence-corrected chi connectivity index (χ1v) is 15.9. The third-order valence-corrected chi connectivity index (χ3v) is 8.69. The summed E-state index contributed by atoms with van der Waals surface area (Å²) in [7, 11) is 0. The number of aromatic amines is 1. The number of benzene rings is 1. The summed E-state index contributed by atoms with van der Waals surface area (Å²) in [6, 6.07) is 4.45. The van der Waals surface area contributed by atoms with E-state index in [4.69, 9.17) is 0 Å². The number of nitrogens with one attached hydrogen (secondary N) is 4. The van der Waals surface area contributed by atoms with Crippen molar-refractivity contribution in [3.8, 4) is 0 Å². The number of carboxylic acids is 1. The fourth-order valence-electron chi connectivity index (χ4n) is 5.74. The predicted molar refractivity (Wildman–Crippen MR) is 167 cm³/mol. The standard InChI is InChI=1S/C31H46BrN5O5/c1-6-7-14-24(30(40)41)34-29(39)26(17-22-21-13-8-9-15-23(21)33-27(22)32)35-28(38)25(16-18(2)3)36-31(42)37-19(4)11-10-12-20(37)5/h8-9,13,15,18-20,24-26,33H,6-7,10-12,14,16-17H2,1-5H3,(H,34,39)(H,35,38)(H,36,42)(H,40,41)/t19-,20+,24-,25+,26-/m1/s1.